The maximum Gasteiger partial charge on any atom is 0.331 e. The van der Waals surface area contributed by atoms with Gasteiger partial charge in [0.2, 0.25) is 0 Å². The van der Waals surface area contributed by atoms with Crippen LogP contribution in [0.2, 0.25) is 0 Å². The van der Waals surface area contributed by atoms with E-state index in [1.807, 2.05) is 5.32 Å². The minimum atomic E-state index is -0.972. The summed E-state index contributed by atoms with van der Waals surface area (Å²) in [7, 11) is -0.972. The van der Waals surface area contributed by atoms with Gasteiger partial charge in [-0.25, -0.2) is 4.79 Å². The molecule has 1 aliphatic heterocycles. The predicted molar refractivity (Wildman–Crippen MR) is 53.4 cm³/mol. The fourth-order valence-electron chi connectivity index (χ4n) is 1.28. The van der Waals surface area contributed by atoms with Gasteiger partial charge in [-0.05, 0) is 13.3 Å². The molecule has 1 heterocycles. The van der Waals surface area contributed by atoms with Crippen molar-refractivity contribution in [3.63, 3.8) is 0 Å². The van der Waals surface area contributed by atoms with Gasteiger partial charge in [-0.3, -0.25) is 24.0 Å². The molecule has 2 unspecified atom stereocenters. The van der Waals surface area contributed by atoms with E-state index in [9.17, 15) is 18.6 Å². The van der Waals surface area contributed by atoms with Gasteiger partial charge in [0.05, 0.1) is 0 Å². The minimum absolute atomic E-state index is 0.395. The fraction of sp³-hybridized carbons (Fsp3) is 0.625. The smallest absolute Gasteiger partial charge is 0.269 e. The first-order valence-corrected chi connectivity index (χ1v) is 6.14. The van der Waals surface area contributed by atoms with E-state index in [0.29, 0.717) is 12.2 Å². The largest absolute Gasteiger partial charge is 0.331 e. The topological polar surface area (TPSA) is 83.6 Å². The highest BCUT2D eigenvalue weighted by Gasteiger charge is 2.39. The molecule has 0 aromatic carbocycles. The van der Waals surface area contributed by atoms with Crippen LogP contribution in [-0.4, -0.2) is 45.0 Å². The highest BCUT2D eigenvalue weighted by molar-refractivity contribution is 7.84. The molecule has 6 nitrogen and oxygen atoms in total. The summed E-state index contributed by atoms with van der Waals surface area (Å²) < 4.78 is 10.8. The Hall–Kier alpha value is -1.24. The lowest BCUT2D eigenvalue weighted by Gasteiger charge is -2.19. The van der Waals surface area contributed by atoms with Crippen molar-refractivity contribution in [3.8, 4) is 0 Å². The van der Waals surface area contributed by atoms with Crippen molar-refractivity contribution in [3.05, 3.63) is 0 Å². The average molecular weight is 232 g/mol. The van der Waals surface area contributed by atoms with E-state index in [2.05, 4.69) is 0 Å². The number of nitrogens with zero attached hydrogens (tertiary/aromatic N) is 1. The van der Waals surface area contributed by atoms with Crippen LogP contribution in [0, 0.1) is 0 Å². The number of amides is 4. The minimum Gasteiger partial charge on any atom is -0.269 e. The summed E-state index contributed by atoms with van der Waals surface area (Å²) in [5.74, 6) is -1.34. The van der Waals surface area contributed by atoms with Crippen molar-refractivity contribution in [2.45, 2.75) is 19.4 Å². The van der Waals surface area contributed by atoms with Crippen LogP contribution in [0.1, 0.15) is 13.3 Å². The highest BCUT2D eigenvalue weighted by atomic mass is 32.2. The number of hydrogen-bond donors (Lipinski definition) is 1. The molecule has 7 heteroatoms. The number of urea groups is 1. The van der Waals surface area contributed by atoms with Gasteiger partial charge in [-0.15, -0.1) is 0 Å². The zero-order chi connectivity index (χ0) is 11.6. The van der Waals surface area contributed by atoms with Crippen LogP contribution in [0.3, 0.4) is 0 Å². The number of nitrogens with one attached hydrogen (secondary N) is 1. The van der Waals surface area contributed by atoms with Gasteiger partial charge in [0.25, 0.3) is 0 Å². The van der Waals surface area contributed by atoms with Gasteiger partial charge in [0.1, 0.15) is 0 Å². The molecule has 1 rings (SSSR count). The van der Waals surface area contributed by atoms with Crippen LogP contribution in [0.4, 0.5) is 4.79 Å². The van der Waals surface area contributed by atoms with Crippen LogP contribution in [0.15, 0.2) is 0 Å². The standard InChI is InChI=1S/C8H12N2O4S/c1-5(3-4-15(2)14)10-7(12)6(11)9-8(10)13/h5H,3-4H2,1-2H3,(H,9,11,13). The normalized spacial score (nSPS) is 20.4. The van der Waals surface area contributed by atoms with Crippen LogP contribution in [0.5, 0.6) is 0 Å². The second-order valence-electron chi connectivity index (χ2n) is 3.35. The van der Waals surface area contributed by atoms with Crippen molar-refractivity contribution in [2.24, 2.45) is 0 Å². The zero-order valence-corrected chi connectivity index (χ0v) is 9.30. The Bertz CT molecular complexity index is 342. The number of carbonyl (C=O) groups excluding carboxylic acids is 3. The molecule has 0 radical (unpaired) electrons. The Morgan fingerprint density at radius 3 is 2.40 bits per heavy atom. The first-order valence-electron chi connectivity index (χ1n) is 4.42. The van der Waals surface area contributed by atoms with Crippen molar-refractivity contribution in [1.29, 1.82) is 0 Å². The van der Waals surface area contributed by atoms with Crippen molar-refractivity contribution >= 4 is 28.6 Å². The Kier molecular flexibility index (Phi) is 3.57. The summed E-state index contributed by atoms with van der Waals surface area (Å²) in [6.07, 6.45) is 1.97. The Morgan fingerprint density at radius 2 is 2.00 bits per heavy atom. The quantitative estimate of drug-likeness (QED) is 0.509. The SMILES string of the molecule is CC(CCS(C)=O)N1C(=O)NC(=O)C1=O. The Morgan fingerprint density at radius 1 is 1.40 bits per heavy atom. The van der Waals surface area contributed by atoms with E-state index in [-0.39, 0.29) is 0 Å². The molecule has 0 saturated carbocycles. The van der Waals surface area contributed by atoms with E-state index in [0.717, 1.165) is 4.90 Å². The summed E-state index contributed by atoms with van der Waals surface area (Å²) >= 11 is 0. The molecular weight excluding hydrogens is 220 g/mol. The van der Waals surface area contributed by atoms with E-state index in [1.165, 1.54) is 0 Å². The third-order valence-electron chi connectivity index (χ3n) is 2.12. The maximum atomic E-state index is 11.2. The van der Waals surface area contributed by atoms with Crippen LogP contribution in [0.25, 0.3) is 0 Å². The highest BCUT2D eigenvalue weighted by Crippen LogP contribution is 2.10. The van der Waals surface area contributed by atoms with E-state index < -0.39 is 34.7 Å². The Balaban J connectivity index is 2.63. The summed E-state index contributed by atoms with van der Waals surface area (Å²) in [6.45, 7) is 1.64. The monoisotopic (exact) mass is 232 g/mol. The van der Waals surface area contributed by atoms with Crippen LogP contribution in [-0.2, 0) is 20.4 Å². The first-order chi connectivity index (χ1) is 6.93. The van der Waals surface area contributed by atoms with E-state index in [1.54, 1.807) is 13.2 Å². The second-order valence-corrected chi connectivity index (χ2v) is 4.90. The lowest BCUT2D eigenvalue weighted by molar-refractivity contribution is -0.140. The number of rotatable bonds is 4. The zero-order valence-electron chi connectivity index (χ0n) is 8.48. The molecule has 0 spiro atoms. The van der Waals surface area contributed by atoms with E-state index >= 15 is 0 Å². The lowest BCUT2D eigenvalue weighted by atomic mass is 10.2. The van der Waals surface area contributed by atoms with Crippen molar-refractivity contribution in [1.82, 2.24) is 10.2 Å². The van der Waals surface area contributed by atoms with Crippen LogP contribution >= 0.6 is 0 Å². The molecule has 0 aromatic rings. The number of hydrogen-bond acceptors (Lipinski definition) is 4. The summed E-state index contributed by atoms with van der Waals surface area (Å²) in [4.78, 5) is 34.1. The molecule has 1 saturated heterocycles. The molecule has 2 atom stereocenters. The van der Waals surface area contributed by atoms with Gasteiger partial charge in [-0.2, -0.15) is 0 Å². The van der Waals surface area contributed by atoms with Crippen molar-refractivity contribution in [2.75, 3.05) is 12.0 Å². The lowest BCUT2D eigenvalue weighted by Crippen LogP contribution is -2.39. The molecule has 4 amide bonds. The van der Waals surface area contributed by atoms with Gasteiger partial charge in [-0.1, -0.05) is 0 Å². The third-order valence-corrected chi connectivity index (χ3v) is 2.93. The Labute approximate surface area is 89.5 Å². The predicted octanol–water partition coefficient (Wildman–Crippen LogP) is -0.778. The van der Waals surface area contributed by atoms with Gasteiger partial charge >= 0.3 is 17.8 Å². The molecule has 0 aromatic heterocycles. The molecule has 1 aliphatic rings. The molecule has 1 fully saturated rings. The van der Waals surface area contributed by atoms with Crippen LogP contribution < -0.4 is 5.32 Å². The third kappa shape index (κ3) is 2.62. The molecule has 84 valence electrons. The van der Waals surface area contributed by atoms with Gasteiger partial charge in [0.15, 0.2) is 0 Å². The number of carbonyl (C=O) groups is 3. The molecule has 0 aliphatic carbocycles. The van der Waals surface area contributed by atoms with Gasteiger partial charge < -0.3 is 0 Å². The maximum absolute atomic E-state index is 11.2. The molecule has 0 bridgehead atoms. The summed E-state index contributed by atoms with van der Waals surface area (Å²) in [6, 6.07) is -1.10. The molecule has 1 N–H and O–H groups in total. The fourth-order valence-corrected chi connectivity index (χ4v) is 1.95. The molecular formula is C8H12N2O4S. The summed E-state index contributed by atoms with van der Waals surface area (Å²) in [5.41, 5.74) is 0. The second kappa shape index (κ2) is 4.52. The molecule has 15 heavy (non-hydrogen) atoms. The first kappa shape index (κ1) is 11.8. The average Bonchev–Trinajstić information content (AvgIpc) is 2.37. The summed E-state index contributed by atoms with van der Waals surface area (Å²) in [5, 5.41) is 1.91. The van der Waals surface area contributed by atoms with E-state index in [4.69, 9.17) is 0 Å². The van der Waals surface area contributed by atoms with Gasteiger partial charge in [0, 0.05) is 28.9 Å². The number of imide groups is 2. The van der Waals surface area contributed by atoms with Crippen molar-refractivity contribution < 1.29 is 18.6 Å².